The highest BCUT2D eigenvalue weighted by molar-refractivity contribution is 5.34. The largest absolute Gasteiger partial charge is 0.396 e. The van der Waals surface area contributed by atoms with Crippen LogP contribution in [0.2, 0.25) is 0 Å². The average Bonchev–Trinajstić information content (AvgIpc) is 3.06. The minimum atomic E-state index is -0.878. The van der Waals surface area contributed by atoms with Crippen molar-refractivity contribution >= 4 is 0 Å². The van der Waals surface area contributed by atoms with Crippen LogP contribution in [0.25, 0.3) is 0 Å². The zero-order chi connectivity index (χ0) is 24.2. The highest BCUT2D eigenvalue weighted by atomic mass is 16.3. The van der Waals surface area contributed by atoms with Gasteiger partial charge in [-0.25, -0.2) is 0 Å². The molecule has 4 nitrogen and oxygen atoms in total. The van der Waals surface area contributed by atoms with Crippen LogP contribution in [0.15, 0.2) is 11.6 Å². The molecule has 4 fully saturated rings. The van der Waals surface area contributed by atoms with Gasteiger partial charge in [-0.15, -0.1) is 0 Å². The van der Waals surface area contributed by atoms with Crippen LogP contribution in [0.1, 0.15) is 99.3 Å². The van der Waals surface area contributed by atoms with Crippen LogP contribution in [0, 0.1) is 44.3 Å². The Kier molecular flexibility index (Phi) is 5.21. The minimum Gasteiger partial charge on any atom is -0.396 e. The second-order valence-electron chi connectivity index (χ2n) is 14.8. The van der Waals surface area contributed by atoms with E-state index in [-0.39, 0.29) is 40.3 Å². The number of aliphatic hydroxyl groups is 4. The molecule has 0 radical (unpaired) electrons. The normalized spacial score (nSPS) is 57.8. The van der Waals surface area contributed by atoms with Gasteiger partial charge in [0, 0.05) is 10.8 Å². The molecule has 5 aliphatic rings. The van der Waals surface area contributed by atoms with Gasteiger partial charge in [0.05, 0.1) is 24.9 Å². The van der Waals surface area contributed by atoms with E-state index >= 15 is 0 Å². The lowest BCUT2D eigenvalue weighted by atomic mass is 9.34. The topological polar surface area (TPSA) is 80.9 Å². The Balaban J connectivity index is 1.55. The summed E-state index contributed by atoms with van der Waals surface area (Å²) in [6.07, 6.45) is 9.58. The molecule has 0 aromatic carbocycles. The summed E-state index contributed by atoms with van der Waals surface area (Å²) < 4.78 is 0. The van der Waals surface area contributed by atoms with Crippen molar-refractivity contribution in [2.24, 2.45) is 44.3 Å². The van der Waals surface area contributed by atoms with Crippen molar-refractivity contribution < 1.29 is 20.4 Å². The van der Waals surface area contributed by atoms with Crippen LogP contribution in [0.4, 0.5) is 0 Å². The fourth-order valence-corrected chi connectivity index (χ4v) is 10.7. The first kappa shape index (κ1) is 24.3. The monoisotopic (exact) mass is 460 g/mol. The molecule has 2 unspecified atom stereocenters. The lowest BCUT2D eigenvalue weighted by molar-refractivity contribution is -0.243. The summed E-state index contributed by atoms with van der Waals surface area (Å²) in [5, 5.41) is 44.1. The second-order valence-corrected chi connectivity index (χ2v) is 14.8. The molecule has 4 saturated carbocycles. The maximum Gasteiger partial charge on any atom is 0.0877 e. The summed E-state index contributed by atoms with van der Waals surface area (Å²) in [6.45, 7) is 13.8. The predicted octanol–water partition coefficient (Wildman–Crippen LogP) is 4.84. The summed E-state index contributed by atoms with van der Waals surface area (Å²) >= 11 is 0. The number of aliphatic hydroxyl groups excluding tert-OH is 4. The van der Waals surface area contributed by atoms with E-state index in [1.54, 1.807) is 0 Å². The van der Waals surface area contributed by atoms with Gasteiger partial charge in [-0.3, -0.25) is 0 Å². The third-order valence-corrected chi connectivity index (χ3v) is 12.7. The molecule has 4 heteroatoms. The predicted molar refractivity (Wildman–Crippen MR) is 130 cm³/mol. The van der Waals surface area contributed by atoms with E-state index in [0.717, 1.165) is 44.9 Å². The lowest BCUT2D eigenvalue weighted by Gasteiger charge is -2.70. The summed E-state index contributed by atoms with van der Waals surface area (Å²) in [5.41, 5.74) is 0.826. The van der Waals surface area contributed by atoms with Crippen molar-refractivity contribution in [2.45, 2.75) is 118 Å². The van der Waals surface area contributed by atoms with Crippen LogP contribution in [0.5, 0.6) is 0 Å². The van der Waals surface area contributed by atoms with E-state index in [4.69, 9.17) is 0 Å². The Bertz CT molecular complexity index is 851. The zero-order valence-electron chi connectivity index (χ0n) is 21.8. The number of hydrogen-bond donors (Lipinski definition) is 4. The van der Waals surface area contributed by atoms with Gasteiger partial charge >= 0.3 is 0 Å². The molecular formula is C29H48O4. The molecule has 188 valence electrons. The smallest absolute Gasteiger partial charge is 0.0877 e. The first-order valence-electron chi connectivity index (χ1n) is 13.5. The molecule has 10 atom stereocenters. The SMILES string of the molecule is CC1(C)CC[C@]2(CC[C@]3(C)C(=CCC4[C@@]5(C)C[C@@H](O)[C@@H](O)[C@@](C)(CO)C5CC[C@]43C)[C@H]2O)C1. The molecule has 4 N–H and O–H groups in total. The van der Waals surface area contributed by atoms with Crippen molar-refractivity contribution in [1.29, 1.82) is 0 Å². The fourth-order valence-electron chi connectivity index (χ4n) is 10.7. The Morgan fingerprint density at radius 3 is 2.15 bits per heavy atom. The third kappa shape index (κ3) is 2.90. The summed E-state index contributed by atoms with van der Waals surface area (Å²) in [5.74, 6) is 0.548. The quantitative estimate of drug-likeness (QED) is 0.422. The van der Waals surface area contributed by atoms with Crippen molar-refractivity contribution in [1.82, 2.24) is 0 Å². The van der Waals surface area contributed by atoms with Gasteiger partial charge in [-0.1, -0.05) is 47.6 Å². The van der Waals surface area contributed by atoms with Crippen LogP contribution in [-0.4, -0.2) is 45.3 Å². The van der Waals surface area contributed by atoms with Crippen LogP contribution in [-0.2, 0) is 0 Å². The van der Waals surface area contributed by atoms with Crippen molar-refractivity contribution in [3.63, 3.8) is 0 Å². The highest BCUT2D eigenvalue weighted by Crippen LogP contribution is 2.74. The molecule has 0 aromatic heterocycles. The first-order chi connectivity index (χ1) is 15.2. The molecule has 33 heavy (non-hydrogen) atoms. The fraction of sp³-hybridized carbons (Fsp3) is 0.931. The van der Waals surface area contributed by atoms with E-state index in [2.05, 4.69) is 40.7 Å². The third-order valence-electron chi connectivity index (χ3n) is 12.7. The van der Waals surface area contributed by atoms with Crippen molar-refractivity contribution in [2.75, 3.05) is 6.61 Å². The molecule has 0 bridgehead atoms. The van der Waals surface area contributed by atoms with E-state index < -0.39 is 17.6 Å². The lowest BCUT2D eigenvalue weighted by Crippen LogP contribution is -2.68. The standard InChI is InChI=1S/C29H48O4/c1-24(2)11-13-29(16-24)14-12-27(5)18(22(29)32)7-8-21-25(3)15-19(31)23(33)26(4,17-30)20(25)9-10-28(21,27)6/h7,19-23,30-33H,8-17H2,1-6H3/t19-,20?,21?,22-,23-,25+,26+,27-,28-,29+/m1/s1. The second kappa shape index (κ2) is 7.08. The number of hydrogen-bond acceptors (Lipinski definition) is 4. The van der Waals surface area contributed by atoms with Crippen molar-refractivity contribution in [3.8, 4) is 0 Å². The van der Waals surface area contributed by atoms with Gasteiger partial charge in [-0.2, -0.15) is 0 Å². The van der Waals surface area contributed by atoms with Crippen LogP contribution in [0.3, 0.4) is 0 Å². The molecule has 1 spiro atoms. The molecule has 0 aromatic rings. The minimum absolute atomic E-state index is 0.0391. The highest BCUT2D eigenvalue weighted by Gasteiger charge is 2.69. The maximum atomic E-state index is 11.9. The number of fused-ring (bicyclic) bond motifs is 5. The molecular weight excluding hydrogens is 412 g/mol. The molecule has 0 heterocycles. The van der Waals surface area contributed by atoms with Crippen LogP contribution >= 0.6 is 0 Å². The van der Waals surface area contributed by atoms with Gasteiger partial charge in [0.2, 0.25) is 0 Å². The Hall–Kier alpha value is -0.420. The summed E-state index contributed by atoms with van der Waals surface area (Å²) in [6, 6.07) is 0. The van der Waals surface area contributed by atoms with E-state index in [9.17, 15) is 20.4 Å². The maximum absolute atomic E-state index is 11.9. The van der Waals surface area contributed by atoms with E-state index in [0.29, 0.717) is 17.8 Å². The summed E-state index contributed by atoms with van der Waals surface area (Å²) in [4.78, 5) is 0. The first-order valence-corrected chi connectivity index (χ1v) is 13.5. The van der Waals surface area contributed by atoms with Crippen LogP contribution < -0.4 is 0 Å². The molecule has 5 rings (SSSR count). The Morgan fingerprint density at radius 2 is 1.55 bits per heavy atom. The van der Waals surface area contributed by atoms with Crippen molar-refractivity contribution in [3.05, 3.63) is 11.6 Å². The Labute approximate surface area is 200 Å². The van der Waals surface area contributed by atoms with E-state index in [1.165, 1.54) is 12.0 Å². The molecule has 5 aliphatic carbocycles. The molecule has 0 amide bonds. The zero-order valence-corrected chi connectivity index (χ0v) is 21.8. The molecule has 0 saturated heterocycles. The number of allylic oxidation sites excluding steroid dienone is 1. The Morgan fingerprint density at radius 1 is 0.879 bits per heavy atom. The molecule has 0 aliphatic heterocycles. The van der Waals surface area contributed by atoms with Gasteiger partial charge in [0.15, 0.2) is 0 Å². The summed E-state index contributed by atoms with van der Waals surface area (Å²) in [7, 11) is 0. The number of rotatable bonds is 1. The average molecular weight is 461 g/mol. The van der Waals surface area contributed by atoms with Gasteiger partial charge in [-0.05, 0) is 96.9 Å². The van der Waals surface area contributed by atoms with Gasteiger partial charge in [0.1, 0.15) is 0 Å². The van der Waals surface area contributed by atoms with Gasteiger partial charge in [0.25, 0.3) is 0 Å². The van der Waals surface area contributed by atoms with E-state index in [1.807, 2.05) is 6.92 Å². The van der Waals surface area contributed by atoms with Gasteiger partial charge < -0.3 is 20.4 Å².